The van der Waals surface area contributed by atoms with E-state index in [2.05, 4.69) is 93.2 Å². The highest BCUT2D eigenvalue weighted by Crippen LogP contribution is 2.52. The van der Waals surface area contributed by atoms with Crippen molar-refractivity contribution in [2.24, 2.45) is 17.8 Å². The predicted octanol–water partition coefficient (Wildman–Crippen LogP) is 2.19. The molecule has 6 bridgehead atoms. The number of morpholine rings is 3. The van der Waals surface area contributed by atoms with Gasteiger partial charge in [-0.05, 0) is 60.8 Å². The van der Waals surface area contributed by atoms with Crippen LogP contribution in [0.4, 0.5) is 0 Å². The Kier molecular flexibility index (Phi) is 12.5. The minimum absolute atomic E-state index is 0. The smallest absolute Gasteiger partial charge is 0.330 e. The Hall–Kier alpha value is -4.20. The molecule has 6 fully saturated rings. The van der Waals surface area contributed by atoms with Crippen molar-refractivity contribution < 1.29 is 14.2 Å². The van der Waals surface area contributed by atoms with Gasteiger partial charge in [-0.15, -0.1) is 0 Å². The maximum atomic E-state index is 12.0. The van der Waals surface area contributed by atoms with Gasteiger partial charge in [0.05, 0.1) is 34.9 Å². The van der Waals surface area contributed by atoms with E-state index in [1.165, 1.54) is 13.7 Å². The maximum absolute atomic E-state index is 12.0. The summed E-state index contributed by atoms with van der Waals surface area (Å²) >= 11 is 0. The summed E-state index contributed by atoms with van der Waals surface area (Å²) < 4.78 is 23.3. The minimum Gasteiger partial charge on any atom is -0.348 e. The lowest BCUT2D eigenvalue weighted by molar-refractivity contribution is -0.122. The van der Waals surface area contributed by atoms with Crippen LogP contribution in [0.5, 0.6) is 0 Å². The van der Waals surface area contributed by atoms with Crippen LogP contribution in [0.2, 0.25) is 0 Å². The van der Waals surface area contributed by atoms with E-state index in [1.807, 2.05) is 0 Å². The van der Waals surface area contributed by atoms with Crippen LogP contribution in [0.3, 0.4) is 0 Å². The molecule has 18 nitrogen and oxygen atoms in total. The molecular weight excluding hydrogens is 787 g/mol. The number of ether oxygens (including phenoxy) is 3. The van der Waals surface area contributed by atoms with E-state index in [0.717, 1.165) is 19.3 Å². The topological polar surface area (TPSA) is 228 Å². The summed E-state index contributed by atoms with van der Waals surface area (Å²) in [5.41, 5.74) is -1.41. The summed E-state index contributed by atoms with van der Waals surface area (Å²) in [5.74, 6) is 0.977. The van der Waals surface area contributed by atoms with Crippen LogP contribution < -0.4 is 49.7 Å². The number of hydrogen-bond acceptors (Lipinski definition) is 12. The van der Waals surface area contributed by atoms with Crippen LogP contribution in [-0.2, 0) is 14.2 Å². The van der Waals surface area contributed by atoms with Crippen molar-refractivity contribution in [2.75, 3.05) is 0 Å². The normalized spacial score (nSPS) is 38.8. The van der Waals surface area contributed by atoms with Crippen LogP contribution in [0.25, 0.3) is 0 Å². The van der Waals surface area contributed by atoms with Gasteiger partial charge >= 0.3 is 17.1 Å². The number of nitrogens with zero attached hydrogens (tertiary/aromatic N) is 3. The molecule has 0 radical (unpaired) electrons. The zero-order valence-corrected chi connectivity index (χ0v) is 36.8. The van der Waals surface area contributed by atoms with Crippen LogP contribution >= 0.6 is 0 Å². The van der Waals surface area contributed by atoms with Gasteiger partial charge in [0.1, 0.15) is 0 Å². The second-order valence-corrected chi connectivity index (χ2v) is 18.0. The van der Waals surface area contributed by atoms with E-state index in [-0.39, 0.29) is 95.8 Å². The molecule has 6 N–H and O–H groups in total. The van der Waals surface area contributed by atoms with Gasteiger partial charge in [-0.1, -0.05) is 49.0 Å². The molecule has 0 aromatic carbocycles. The molecule has 0 saturated carbocycles. The maximum Gasteiger partial charge on any atom is 0.330 e. The van der Waals surface area contributed by atoms with Crippen LogP contribution in [0.15, 0.2) is 47.4 Å². The van der Waals surface area contributed by atoms with Gasteiger partial charge < -0.3 is 30.2 Å². The molecule has 9 rings (SSSR count). The van der Waals surface area contributed by atoms with Crippen molar-refractivity contribution in [3.63, 3.8) is 0 Å². The molecule has 6 aliphatic rings. The number of fused-ring (bicyclic) bond motifs is 6. The van der Waals surface area contributed by atoms with Gasteiger partial charge in [-0.3, -0.25) is 43.0 Å². The molecule has 61 heavy (non-hydrogen) atoms. The summed E-state index contributed by atoms with van der Waals surface area (Å²) in [5, 5.41) is 10.6. The SMILES string of the molecule is C.CC[C@]12O[C@@H](n3cc(C)c(=O)[nH]c3=O)[C@H](NC1C)[C@@H]2C.CC[C@]12O[C@@H](n3cc(C)c(=O)[nH]c3=O)[C@H](N[C@@H]1C)[C@@H]2C.CC[C@]12O[C@@H](n3cc(C)c(=O)[nH]c3=O)[C@H](N[C@H]1C)[C@@H]2C. The van der Waals surface area contributed by atoms with Gasteiger partial charge in [-0.25, -0.2) is 14.4 Å². The number of hydrogen-bond donors (Lipinski definition) is 6. The molecule has 338 valence electrons. The molecule has 15 atom stereocenters. The lowest BCUT2D eigenvalue weighted by Crippen LogP contribution is -2.51. The number of aromatic nitrogens is 6. The minimum atomic E-state index is -0.411. The molecule has 3 aromatic heterocycles. The Morgan fingerprint density at radius 2 is 0.705 bits per heavy atom. The average Bonchev–Trinajstić information content (AvgIpc) is 3.96. The van der Waals surface area contributed by atoms with Crippen molar-refractivity contribution in [3.8, 4) is 0 Å². The van der Waals surface area contributed by atoms with Gasteiger partial charge in [0.15, 0.2) is 18.7 Å². The highest BCUT2D eigenvalue weighted by molar-refractivity contribution is 5.17. The molecule has 3 aromatic rings. The first kappa shape index (κ1) is 46.3. The fourth-order valence-corrected chi connectivity index (χ4v) is 11.5. The number of rotatable bonds is 6. The first-order valence-corrected chi connectivity index (χ1v) is 21.5. The van der Waals surface area contributed by atoms with Crippen molar-refractivity contribution >= 4 is 0 Å². The zero-order chi connectivity index (χ0) is 44.0. The fraction of sp³-hybridized carbons (Fsp3) is 0.721. The molecule has 9 heterocycles. The standard InChI is InChI=1S/3C14H21N3O3.CH4/c3*1-5-14-8(3)10(15-9(14)4)12(20-14)17-6-7(2)11(18)16-13(17)19;/h3*6,8-10,12,15H,5H2,1-4H3,(H,16,18,19);1H4/t8-,9?,10+,12+,14+;8-,9+,10+,12+,14+;8-,9-,10+,12+,14+;/m000./s1. The third-order valence-corrected chi connectivity index (χ3v) is 15.3. The van der Waals surface area contributed by atoms with E-state index in [9.17, 15) is 28.8 Å². The summed E-state index contributed by atoms with van der Waals surface area (Å²) in [4.78, 5) is 77.6. The molecule has 6 saturated heterocycles. The van der Waals surface area contributed by atoms with Crippen molar-refractivity contribution in [3.05, 3.63) is 97.8 Å². The largest absolute Gasteiger partial charge is 0.348 e. The van der Waals surface area contributed by atoms with Gasteiger partial charge in [0, 0.05) is 71.2 Å². The molecule has 1 unspecified atom stereocenters. The van der Waals surface area contributed by atoms with E-state index >= 15 is 0 Å². The van der Waals surface area contributed by atoms with Gasteiger partial charge in [-0.2, -0.15) is 0 Å². The molecule has 0 spiro atoms. The third kappa shape index (κ3) is 7.01. The monoisotopic (exact) mass is 854 g/mol. The molecular formula is C43H67N9O9. The van der Waals surface area contributed by atoms with Crippen molar-refractivity contribution in [1.82, 2.24) is 44.6 Å². The lowest BCUT2D eigenvalue weighted by Gasteiger charge is -2.37. The molecule has 6 aliphatic heterocycles. The van der Waals surface area contributed by atoms with E-state index in [1.54, 1.807) is 39.4 Å². The molecule has 0 aliphatic carbocycles. The van der Waals surface area contributed by atoms with E-state index in [0.29, 0.717) is 34.4 Å². The van der Waals surface area contributed by atoms with Crippen LogP contribution in [0.1, 0.15) is 124 Å². The first-order chi connectivity index (χ1) is 28.2. The Labute approximate surface area is 355 Å². The number of aromatic amines is 3. The van der Waals surface area contributed by atoms with Crippen LogP contribution in [-0.4, -0.2) is 81.7 Å². The third-order valence-electron chi connectivity index (χ3n) is 15.3. The predicted molar refractivity (Wildman–Crippen MR) is 231 cm³/mol. The number of aryl methyl sites for hydroxylation is 3. The second kappa shape index (κ2) is 16.5. The summed E-state index contributed by atoms with van der Waals surface area (Å²) in [7, 11) is 0. The molecule has 0 amide bonds. The van der Waals surface area contributed by atoms with Crippen molar-refractivity contribution in [2.45, 2.75) is 182 Å². The van der Waals surface area contributed by atoms with Crippen LogP contribution in [0, 0.1) is 38.5 Å². The van der Waals surface area contributed by atoms with Gasteiger partial charge in [0.25, 0.3) is 16.7 Å². The summed E-state index contributed by atoms with van der Waals surface area (Å²) in [6.07, 6.45) is 6.39. The van der Waals surface area contributed by atoms with E-state index in [4.69, 9.17) is 14.2 Å². The Morgan fingerprint density at radius 1 is 0.475 bits per heavy atom. The quantitative estimate of drug-likeness (QED) is 0.210. The lowest BCUT2D eigenvalue weighted by atomic mass is 9.84. The Balaban J connectivity index is 0.000000152. The molecule has 18 heteroatoms. The number of H-pyrrole nitrogens is 3. The highest BCUT2D eigenvalue weighted by atomic mass is 16.5. The fourth-order valence-electron chi connectivity index (χ4n) is 11.5. The Morgan fingerprint density at radius 3 is 0.902 bits per heavy atom. The number of nitrogens with one attached hydrogen (secondary N) is 6. The van der Waals surface area contributed by atoms with E-state index < -0.39 is 17.1 Å². The van der Waals surface area contributed by atoms with Crippen molar-refractivity contribution in [1.29, 1.82) is 0 Å². The summed E-state index contributed by atoms with van der Waals surface area (Å²) in [6.45, 7) is 24.3. The summed E-state index contributed by atoms with van der Waals surface area (Å²) in [6, 6.07) is 1.07. The highest BCUT2D eigenvalue weighted by Gasteiger charge is 2.63. The first-order valence-electron chi connectivity index (χ1n) is 21.5. The Bertz CT molecular complexity index is 2220. The zero-order valence-electron chi connectivity index (χ0n) is 36.8. The van der Waals surface area contributed by atoms with Gasteiger partial charge in [0.2, 0.25) is 0 Å². The second-order valence-electron chi connectivity index (χ2n) is 18.0. The average molecular weight is 854 g/mol.